The van der Waals surface area contributed by atoms with E-state index in [0.717, 1.165) is 0 Å². The van der Waals surface area contributed by atoms with Crippen molar-refractivity contribution >= 4 is 7.92 Å². The average Bonchev–Trinajstić information content (AvgIpc) is 1.30. The second kappa shape index (κ2) is 2.35. The van der Waals surface area contributed by atoms with E-state index in [4.69, 9.17) is 0 Å². The normalized spacial score (nSPS) is 10.1. The molecule has 2 heteroatoms. The van der Waals surface area contributed by atoms with Gasteiger partial charge in [0.25, 0.3) is 0 Å². The van der Waals surface area contributed by atoms with Crippen molar-refractivity contribution in [3.05, 3.63) is 0 Å². The maximum atomic E-state index is 9.81. The van der Waals surface area contributed by atoms with Crippen LogP contribution < -0.4 is 0 Å². The molecule has 0 N–H and O–H groups in total. The van der Waals surface area contributed by atoms with Gasteiger partial charge in [-0.3, -0.25) is 0 Å². The summed E-state index contributed by atoms with van der Waals surface area (Å²) >= 11 is 0. The molecule has 7 heavy (non-hydrogen) atoms. The molecular formula is C5H9OP. The van der Waals surface area contributed by atoms with Gasteiger partial charge >= 0.3 is 44.3 Å². The first-order valence-corrected chi connectivity index (χ1v) is 2.97. The standard InChI is InChI=1S/C5H9OP/c1-5(2,3)4-7-6/h1-3H3. The van der Waals surface area contributed by atoms with Crippen LogP contribution in [-0.2, 0) is 4.57 Å². The van der Waals surface area contributed by atoms with Crippen LogP contribution in [0.15, 0.2) is 0 Å². The van der Waals surface area contributed by atoms with Gasteiger partial charge in [0.15, 0.2) is 0 Å². The first-order chi connectivity index (χ1) is 3.06. The molecule has 0 saturated heterocycles. The third-order valence-electron chi connectivity index (χ3n) is 0.381. The van der Waals surface area contributed by atoms with Crippen LogP contribution in [0.5, 0.6) is 0 Å². The molecule has 0 unspecified atom stereocenters. The van der Waals surface area contributed by atoms with Gasteiger partial charge in [-0.2, -0.15) is 0 Å². The summed E-state index contributed by atoms with van der Waals surface area (Å²) in [4.78, 5) is 0. The van der Waals surface area contributed by atoms with Gasteiger partial charge in [-0.05, 0) is 0 Å². The molecule has 40 valence electrons. The van der Waals surface area contributed by atoms with Crippen LogP contribution in [0, 0.1) is 11.0 Å². The Hall–Kier alpha value is 0.01000. The summed E-state index contributed by atoms with van der Waals surface area (Å²) in [5.41, 5.74) is 2.68. The van der Waals surface area contributed by atoms with E-state index in [1.54, 1.807) is 0 Å². The molecule has 0 aromatic rings. The second-order valence-corrected chi connectivity index (χ2v) is 2.86. The molecule has 0 fully saturated rings. The third kappa shape index (κ3) is 6.01. The van der Waals surface area contributed by atoms with E-state index in [2.05, 4.69) is 5.63 Å². The third-order valence-corrected chi connectivity index (χ3v) is 1.14. The quantitative estimate of drug-likeness (QED) is 0.444. The van der Waals surface area contributed by atoms with Crippen molar-refractivity contribution in [3.63, 3.8) is 0 Å². The van der Waals surface area contributed by atoms with Crippen molar-refractivity contribution in [1.82, 2.24) is 0 Å². The molecule has 0 amide bonds. The van der Waals surface area contributed by atoms with Crippen LogP contribution in [-0.4, -0.2) is 0 Å². The van der Waals surface area contributed by atoms with Crippen molar-refractivity contribution in [3.8, 4) is 5.63 Å². The zero-order valence-electron chi connectivity index (χ0n) is 4.86. The predicted octanol–water partition coefficient (Wildman–Crippen LogP) is 2.28. The fraction of sp³-hybridized carbons (Fsp3) is 0.800. The van der Waals surface area contributed by atoms with Crippen molar-refractivity contribution in [2.24, 2.45) is 5.41 Å². The van der Waals surface area contributed by atoms with E-state index in [1.807, 2.05) is 20.8 Å². The minimum atomic E-state index is -0.0245. The molecule has 0 rings (SSSR count). The monoisotopic (exact) mass is 116 g/mol. The molecule has 0 heterocycles. The molecule has 0 atom stereocenters. The maximum absolute atomic E-state index is 9.81. The molecular weight excluding hydrogens is 107 g/mol. The van der Waals surface area contributed by atoms with Crippen molar-refractivity contribution in [2.45, 2.75) is 20.8 Å². The molecule has 1 nitrogen and oxygen atoms in total. The average molecular weight is 116 g/mol. The molecule has 0 radical (unpaired) electrons. The number of hydrogen-bond acceptors (Lipinski definition) is 1. The molecule has 0 spiro atoms. The zero-order chi connectivity index (χ0) is 5.91. The first kappa shape index (κ1) is 7.01. The first-order valence-electron chi connectivity index (χ1n) is 2.16. The number of hydrogen-bond donors (Lipinski definition) is 0. The van der Waals surface area contributed by atoms with E-state index < -0.39 is 0 Å². The van der Waals surface area contributed by atoms with Crippen LogP contribution >= 0.6 is 7.92 Å². The van der Waals surface area contributed by atoms with Gasteiger partial charge in [-0.15, -0.1) is 0 Å². The number of rotatable bonds is 0. The van der Waals surface area contributed by atoms with E-state index in [-0.39, 0.29) is 13.3 Å². The molecule has 0 aromatic carbocycles. The van der Waals surface area contributed by atoms with Crippen LogP contribution in [0.2, 0.25) is 0 Å². The molecule has 0 aliphatic heterocycles. The molecule has 0 aliphatic carbocycles. The SMILES string of the molecule is CC(C)(C)C#P=O. The summed E-state index contributed by atoms with van der Waals surface area (Å²) < 4.78 is 9.81. The van der Waals surface area contributed by atoms with Gasteiger partial charge in [0.2, 0.25) is 0 Å². The minimum absolute atomic E-state index is 0.00887. The summed E-state index contributed by atoms with van der Waals surface area (Å²) in [6.07, 6.45) is 0. The topological polar surface area (TPSA) is 17.1 Å². The summed E-state index contributed by atoms with van der Waals surface area (Å²) in [6, 6.07) is 0. The van der Waals surface area contributed by atoms with Gasteiger partial charge in [0, 0.05) is 0 Å². The Kier molecular flexibility index (Phi) is 2.35. The molecule has 0 aliphatic rings. The van der Waals surface area contributed by atoms with Gasteiger partial charge in [-0.1, -0.05) is 0 Å². The van der Waals surface area contributed by atoms with Crippen LogP contribution in [0.1, 0.15) is 20.8 Å². The van der Waals surface area contributed by atoms with Gasteiger partial charge < -0.3 is 0 Å². The van der Waals surface area contributed by atoms with E-state index in [0.29, 0.717) is 0 Å². The summed E-state index contributed by atoms with van der Waals surface area (Å²) in [6.45, 7) is 5.87. The Morgan fingerprint density at radius 2 is 1.86 bits per heavy atom. The van der Waals surface area contributed by atoms with E-state index in [1.165, 1.54) is 0 Å². The van der Waals surface area contributed by atoms with E-state index >= 15 is 0 Å². The molecule has 0 bridgehead atoms. The van der Waals surface area contributed by atoms with Gasteiger partial charge in [0.05, 0.1) is 0 Å². The Morgan fingerprint density at radius 3 is 1.86 bits per heavy atom. The predicted molar refractivity (Wildman–Crippen MR) is 30.9 cm³/mol. The van der Waals surface area contributed by atoms with Crippen molar-refractivity contribution < 1.29 is 4.57 Å². The summed E-state index contributed by atoms with van der Waals surface area (Å²) in [7, 11) is 0.00887. The summed E-state index contributed by atoms with van der Waals surface area (Å²) in [5.74, 6) is 0. The molecule has 0 aromatic heterocycles. The van der Waals surface area contributed by atoms with Crippen molar-refractivity contribution in [2.75, 3.05) is 0 Å². The van der Waals surface area contributed by atoms with Crippen molar-refractivity contribution in [1.29, 1.82) is 0 Å². The van der Waals surface area contributed by atoms with E-state index in [9.17, 15) is 4.57 Å². The Labute approximate surface area is 45.2 Å². The summed E-state index contributed by atoms with van der Waals surface area (Å²) in [5, 5.41) is 0. The van der Waals surface area contributed by atoms with Gasteiger partial charge in [0.1, 0.15) is 0 Å². The van der Waals surface area contributed by atoms with Crippen LogP contribution in [0.4, 0.5) is 0 Å². The Bertz CT molecular complexity index is 135. The van der Waals surface area contributed by atoms with Gasteiger partial charge in [-0.25, -0.2) is 0 Å². The Balaban J connectivity index is 3.99. The fourth-order valence-corrected chi connectivity index (χ4v) is 0.411. The molecule has 0 saturated carbocycles. The zero-order valence-corrected chi connectivity index (χ0v) is 5.75. The van der Waals surface area contributed by atoms with Crippen LogP contribution in [0.25, 0.3) is 0 Å². The Morgan fingerprint density at radius 1 is 1.43 bits per heavy atom. The second-order valence-electron chi connectivity index (χ2n) is 2.45. The fourth-order valence-electron chi connectivity index (χ4n) is 0.137. The van der Waals surface area contributed by atoms with Crippen LogP contribution in [0.3, 0.4) is 0 Å².